The molecule has 0 bridgehead atoms. The Morgan fingerprint density at radius 3 is 2.44 bits per heavy atom. The number of aromatic amines is 1. The molecule has 0 aliphatic carbocycles. The SMILES string of the molecule is N#Cc1ccc(NC(=O)c2cc(C(F)(F)F)cnc2NCc2ccc(-c3cnc4n[nH]c(N)c4c3)cc2)cc1. The summed E-state index contributed by atoms with van der Waals surface area (Å²) < 4.78 is 40.1. The first-order valence-corrected chi connectivity index (χ1v) is 11.5. The van der Waals surface area contributed by atoms with E-state index in [0.29, 0.717) is 34.3 Å². The molecular weight excluding hydrogens is 509 g/mol. The molecule has 3 heterocycles. The van der Waals surface area contributed by atoms with Crippen LogP contribution in [0.15, 0.2) is 73.1 Å². The molecular formula is C27H19F3N8O. The third kappa shape index (κ3) is 5.47. The van der Waals surface area contributed by atoms with E-state index >= 15 is 0 Å². The molecule has 12 heteroatoms. The van der Waals surface area contributed by atoms with Gasteiger partial charge in [-0.15, -0.1) is 0 Å². The second-order valence-corrected chi connectivity index (χ2v) is 8.54. The number of carbonyl (C=O) groups excluding carboxylic acids is 1. The monoisotopic (exact) mass is 528 g/mol. The lowest BCUT2D eigenvalue weighted by Gasteiger charge is -2.14. The summed E-state index contributed by atoms with van der Waals surface area (Å²) in [7, 11) is 0. The van der Waals surface area contributed by atoms with Gasteiger partial charge in [0.2, 0.25) is 0 Å². The number of hydrogen-bond donors (Lipinski definition) is 4. The maximum atomic E-state index is 13.4. The van der Waals surface area contributed by atoms with Crippen LogP contribution in [-0.2, 0) is 12.7 Å². The fourth-order valence-electron chi connectivity index (χ4n) is 3.84. The van der Waals surface area contributed by atoms with Crippen LogP contribution in [0.5, 0.6) is 0 Å². The first-order valence-electron chi connectivity index (χ1n) is 11.5. The molecule has 0 saturated heterocycles. The number of nitrogens with two attached hydrogens (primary N) is 1. The number of halogens is 3. The van der Waals surface area contributed by atoms with E-state index in [-0.39, 0.29) is 17.9 Å². The Morgan fingerprint density at radius 1 is 1.00 bits per heavy atom. The third-order valence-electron chi connectivity index (χ3n) is 5.92. The van der Waals surface area contributed by atoms with Gasteiger partial charge in [-0.2, -0.15) is 23.5 Å². The molecule has 39 heavy (non-hydrogen) atoms. The second kappa shape index (κ2) is 10.1. The van der Waals surface area contributed by atoms with Crippen LogP contribution in [0.3, 0.4) is 0 Å². The zero-order chi connectivity index (χ0) is 27.6. The van der Waals surface area contributed by atoms with Crippen LogP contribution >= 0.6 is 0 Å². The number of amides is 1. The van der Waals surface area contributed by atoms with Crippen molar-refractivity contribution in [2.24, 2.45) is 0 Å². The van der Waals surface area contributed by atoms with Crippen molar-refractivity contribution in [3.05, 3.63) is 95.3 Å². The molecule has 0 aliphatic rings. The molecule has 0 radical (unpaired) electrons. The largest absolute Gasteiger partial charge is 0.417 e. The number of nitrogen functional groups attached to an aromatic ring is 1. The number of anilines is 3. The molecule has 0 saturated carbocycles. The van der Waals surface area contributed by atoms with Gasteiger partial charge in [-0.05, 0) is 47.5 Å². The summed E-state index contributed by atoms with van der Waals surface area (Å²) in [5.41, 5.74) is 8.29. The van der Waals surface area contributed by atoms with E-state index < -0.39 is 17.6 Å². The van der Waals surface area contributed by atoms with Crippen molar-refractivity contribution < 1.29 is 18.0 Å². The highest BCUT2D eigenvalue weighted by Gasteiger charge is 2.32. The number of hydrogen-bond acceptors (Lipinski definition) is 7. The van der Waals surface area contributed by atoms with Crippen LogP contribution in [-0.4, -0.2) is 26.1 Å². The Bertz CT molecular complexity index is 1710. The van der Waals surface area contributed by atoms with Crippen LogP contribution in [0, 0.1) is 11.3 Å². The van der Waals surface area contributed by atoms with E-state index in [9.17, 15) is 18.0 Å². The molecule has 5 N–H and O–H groups in total. The summed E-state index contributed by atoms with van der Waals surface area (Å²) in [4.78, 5) is 21.1. The molecule has 2 aromatic carbocycles. The van der Waals surface area contributed by atoms with Crippen molar-refractivity contribution in [3.8, 4) is 17.2 Å². The minimum absolute atomic E-state index is 0.0108. The number of aromatic nitrogens is 4. The molecule has 0 unspecified atom stereocenters. The number of fused-ring (bicyclic) bond motifs is 1. The predicted molar refractivity (Wildman–Crippen MR) is 139 cm³/mol. The lowest BCUT2D eigenvalue weighted by Crippen LogP contribution is -2.18. The topological polar surface area (TPSA) is 145 Å². The van der Waals surface area contributed by atoms with Crippen LogP contribution in [0.2, 0.25) is 0 Å². The van der Waals surface area contributed by atoms with Crippen molar-refractivity contribution in [3.63, 3.8) is 0 Å². The lowest BCUT2D eigenvalue weighted by atomic mass is 10.0. The highest BCUT2D eigenvalue weighted by Crippen LogP contribution is 2.31. The summed E-state index contributed by atoms with van der Waals surface area (Å²) in [5, 5.41) is 21.8. The van der Waals surface area contributed by atoms with Crippen molar-refractivity contribution in [2.75, 3.05) is 16.4 Å². The molecule has 0 atom stereocenters. The zero-order valence-electron chi connectivity index (χ0n) is 20.0. The molecule has 0 spiro atoms. The van der Waals surface area contributed by atoms with E-state index in [2.05, 4.69) is 30.8 Å². The van der Waals surface area contributed by atoms with Crippen LogP contribution in [0.25, 0.3) is 22.2 Å². The standard InChI is InChI=1S/C27H19F3N8O/c28-27(29,30)19-10-22(26(39)36-20-7-3-15(11-31)4-8-20)24(35-14-19)33-12-16-1-5-17(6-2-16)18-9-21-23(32)37-38-25(21)34-13-18/h1-10,13-14H,12H2,(H,33,35)(H,36,39)(H3,32,34,37,38). The van der Waals surface area contributed by atoms with Crippen LogP contribution < -0.4 is 16.4 Å². The normalized spacial score (nSPS) is 11.2. The third-order valence-corrected chi connectivity index (χ3v) is 5.92. The van der Waals surface area contributed by atoms with E-state index in [1.165, 1.54) is 24.3 Å². The number of nitrogens with one attached hydrogen (secondary N) is 3. The quantitative estimate of drug-likeness (QED) is 0.232. The number of nitriles is 1. The van der Waals surface area contributed by atoms with Crippen molar-refractivity contribution in [1.29, 1.82) is 5.26 Å². The van der Waals surface area contributed by atoms with Gasteiger partial charge in [0.25, 0.3) is 5.91 Å². The highest BCUT2D eigenvalue weighted by molar-refractivity contribution is 6.07. The van der Waals surface area contributed by atoms with Gasteiger partial charge in [-0.3, -0.25) is 9.89 Å². The number of alkyl halides is 3. The summed E-state index contributed by atoms with van der Waals surface area (Å²) in [5.74, 6) is -0.371. The minimum atomic E-state index is -4.68. The maximum absolute atomic E-state index is 13.4. The average Bonchev–Trinajstić information content (AvgIpc) is 3.31. The van der Waals surface area contributed by atoms with Gasteiger partial charge in [0.15, 0.2) is 5.65 Å². The molecule has 5 rings (SSSR count). The molecule has 3 aromatic heterocycles. The van der Waals surface area contributed by atoms with Gasteiger partial charge in [-0.1, -0.05) is 24.3 Å². The van der Waals surface area contributed by atoms with Gasteiger partial charge in [0, 0.05) is 30.2 Å². The molecule has 194 valence electrons. The van der Waals surface area contributed by atoms with E-state index in [4.69, 9.17) is 11.0 Å². The van der Waals surface area contributed by atoms with Gasteiger partial charge in [0.1, 0.15) is 11.6 Å². The molecule has 5 aromatic rings. The zero-order valence-corrected chi connectivity index (χ0v) is 20.0. The fraction of sp³-hybridized carbons (Fsp3) is 0.0741. The average molecular weight is 528 g/mol. The fourth-order valence-corrected chi connectivity index (χ4v) is 3.84. The Labute approximate surface area is 219 Å². The van der Waals surface area contributed by atoms with Gasteiger partial charge in [-0.25, -0.2) is 9.97 Å². The summed E-state index contributed by atoms with van der Waals surface area (Å²) in [6.07, 6.45) is -2.32. The van der Waals surface area contributed by atoms with E-state index in [0.717, 1.165) is 22.8 Å². The maximum Gasteiger partial charge on any atom is 0.417 e. The Balaban J connectivity index is 1.35. The second-order valence-electron chi connectivity index (χ2n) is 8.54. The number of H-pyrrole nitrogens is 1. The Kier molecular flexibility index (Phi) is 6.56. The van der Waals surface area contributed by atoms with Crippen LogP contribution in [0.1, 0.15) is 27.0 Å². The number of benzene rings is 2. The van der Waals surface area contributed by atoms with Crippen LogP contribution in [0.4, 0.5) is 30.5 Å². The highest BCUT2D eigenvalue weighted by atomic mass is 19.4. The summed E-state index contributed by atoms with van der Waals surface area (Å²) in [6.45, 7) is 0.196. The van der Waals surface area contributed by atoms with Gasteiger partial charge < -0.3 is 16.4 Å². The predicted octanol–water partition coefficient (Wildman–Crippen LogP) is 5.36. The summed E-state index contributed by atoms with van der Waals surface area (Å²) in [6, 6.07) is 17.9. The number of pyridine rings is 2. The first-order chi connectivity index (χ1) is 18.7. The van der Waals surface area contributed by atoms with E-state index in [1.807, 2.05) is 36.4 Å². The molecule has 0 fully saturated rings. The molecule has 9 nitrogen and oxygen atoms in total. The Hall–Kier alpha value is -5.44. The van der Waals surface area contributed by atoms with Crippen molar-refractivity contribution in [1.82, 2.24) is 20.2 Å². The molecule has 1 amide bonds. The van der Waals surface area contributed by atoms with Gasteiger partial charge >= 0.3 is 6.18 Å². The van der Waals surface area contributed by atoms with Crippen molar-refractivity contribution in [2.45, 2.75) is 12.7 Å². The lowest BCUT2D eigenvalue weighted by molar-refractivity contribution is -0.137. The smallest absolute Gasteiger partial charge is 0.384 e. The molecule has 0 aliphatic heterocycles. The van der Waals surface area contributed by atoms with E-state index in [1.54, 1.807) is 6.20 Å². The number of rotatable bonds is 6. The number of carbonyl (C=O) groups is 1. The number of nitrogens with zero attached hydrogens (tertiary/aromatic N) is 4. The first kappa shape index (κ1) is 25.2. The minimum Gasteiger partial charge on any atom is -0.384 e. The van der Waals surface area contributed by atoms with Crippen molar-refractivity contribution >= 4 is 34.3 Å². The summed E-state index contributed by atoms with van der Waals surface area (Å²) >= 11 is 0. The Morgan fingerprint density at radius 2 is 1.74 bits per heavy atom. The van der Waals surface area contributed by atoms with Gasteiger partial charge in [0.05, 0.1) is 28.1 Å².